The molecule has 0 aliphatic heterocycles. The van der Waals surface area contributed by atoms with E-state index in [9.17, 15) is 9.59 Å². The van der Waals surface area contributed by atoms with Crippen molar-refractivity contribution in [1.82, 2.24) is 10.6 Å². The monoisotopic (exact) mass is 257 g/mol. The molecule has 0 saturated carbocycles. The van der Waals surface area contributed by atoms with Crippen LogP contribution in [0.3, 0.4) is 0 Å². The fourth-order valence-electron chi connectivity index (χ4n) is 1.39. The number of nitrogens with one attached hydrogen (secondary N) is 2. The Hall–Kier alpha value is -1.10. The van der Waals surface area contributed by atoms with E-state index >= 15 is 0 Å². The molecule has 5 heteroatoms. The predicted molar refractivity (Wildman–Crippen MR) is 72.9 cm³/mol. The van der Waals surface area contributed by atoms with Gasteiger partial charge in [0, 0.05) is 6.54 Å². The maximum absolute atomic E-state index is 11.5. The van der Waals surface area contributed by atoms with Crippen LogP contribution >= 0.6 is 0 Å². The van der Waals surface area contributed by atoms with Gasteiger partial charge in [-0.1, -0.05) is 27.7 Å². The Morgan fingerprint density at radius 2 is 1.72 bits per heavy atom. The van der Waals surface area contributed by atoms with E-state index in [1.165, 1.54) is 0 Å². The second kappa shape index (κ2) is 8.91. The molecule has 0 aliphatic rings. The van der Waals surface area contributed by atoms with Gasteiger partial charge in [-0.25, -0.2) is 0 Å². The highest BCUT2D eigenvalue weighted by atomic mass is 16.2. The zero-order chi connectivity index (χ0) is 14.1. The number of rotatable bonds is 8. The summed E-state index contributed by atoms with van der Waals surface area (Å²) in [7, 11) is 0. The Kier molecular flexibility index (Phi) is 8.37. The molecule has 5 nitrogen and oxygen atoms in total. The fraction of sp³-hybridized carbons (Fsp3) is 0.846. The third kappa shape index (κ3) is 8.06. The van der Waals surface area contributed by atoms with Crippen molar-refractivity contribution in [2.45, 2.75) is 46.6 Å². The summed E-state index contributed by atoms with van der Waals surface area (Å²) in [5, 5.41) is 5.30. The van der Waals surface area contributed by atoms with Crippen LogP contribution in [0.25, 0.3) is 0 Å². The van der Waals surface area contributed by atoms with E-state index in [4.69, 9.17) is 5.73 Å². The molecule has 2 amide bonds. The first-order valence-corrected chi connectivity index (χ1v) is 6.64. The summed E-state index contributed by atoms with van der Waals surface area (Å²) in [6, 6.07) is -0.557. The average molecular weight is 257 g/mol. The zero-order valence-electron chi connectivity index (χ0n) is 12.0. The molecule has 0 bridgehead atoms. The first kappa shape index (κ1) is 16.9. The van der Waals surface area contributed by atoms with Crippen LogP contribution in [0.2, 0.25) is 0 Å². The smallest absolute Gasteiger partial charge is 0.239 e. The van der Waals surface area contributed by atoms with Crippen molar-refractivity contribution >= 4 is 11.8 Å². The molecule has 0 radical (unpaired) electrons. The van der Waals surface area contributed by atoms with Crippen LogP contribution in [0.1, 0.15) is 40.5 Å². The highest BCUT2D eigenvalue weighted by Crippen LogP contribution is 2.01. The molecule has 0 aromatic rings. The van der Waals surface area contributed by atoms with Gasteiger partial charge < -0.3 is 16.4 Å². The third-order valence-corrected chi connectivity index (χ3v) is 2.72. The minimum atomic E-state index is -0.557. The molecular formula is C13H27N3O2. The lowest BCUT2D eigenvalue weighted by Gasteiger charge is -2.15. The molecular weight excluding hydrogens is 230 g/mol. The Morgan fingerprint density at radius 1 is 1.11 bits per heavy atom. The normalized spacial score (nSPS) is 12.6. The lowest BCUT2D eigenvalue weighted by atomic mass is 10.1. The van der Waals surface area contributed by atoms with Gasteiger partial charge in [0.25, 0.3) is 0 Å². The van der Waals surface area contributed by atoms with Gasteiger partial charge in [0.2, 0.25) is 11.8 Å². The van der Waals surface area contributed by atoms with Gasteiger partial charge in [-0.05, 0) is 24.7 Å². The van der Waals surface area contributed by atoms with Gasteiger partial charge in [0.15, 0.2) is 0 Å². The van der Waals surface area contributed by atoms with E-state index in [0.29, 0.717) is 12.5 Å². The number of carbonyl (C=O) groups excluding carboxylic acids is 2. The zero-order valence-corrected chi connectivity index (χ0v) is 12.0. The van der Waals surface area contributed by atoms with E-state index in [1.807, 2.05) is 13.8 Å². The van der Waals surface area contributed by atoms with Crippen LogP contribution in [0, 0.1) is 11.8 Å². The largest absolute Gasteiger partial charge is 0.355 e. The van der Waals surface area contributed by atoms with Crippen LogP contribution in [0.5, 0.6) is 0 Å². The van der Waals surface area contributed by atoms with Gasteiger partial charge in [0.1, 0.15) is 0 Å². The number of carbonyl (C=O) groups is 2. The Labute approximate surface area is 110 Å². The maximum atomic E-state index is 11.5. The minimum absolute atomic E-state index is 0.000925. The topological polar surface area (TPSA) is 84.2 Å². The standard InChI is InChI=1S/C13H27N3O2/c1-9(2)6-5-7-15-11(17)8-16-13(18)12(14)10(3)4/h9-10,12H,5-8,14H2,1-4H3,(H,15,17)(H,16,18)/t12-/m0/s1. The Bertz CT molecular complexity index is 265. The summed E-state index contributed by atoms with van der Waals surface area (Å²) in [5.74, 6) is 0.273. The summed E-state index contributed by atoms with van der Waals surface area (Å²) in [4.78, 5) is 22.9. The van der Waals surface area contributed by atoms with Crippen molar-refractivity contribution in [2.75, 3.05) is 13.1 Å². The average Bonchev–Trinajstić information content (AvgIpc) is 2.30. The van der Waals surface area contributed by atoms with Crippen molar-refractivity contribution in [1.29, 1.82) is 0 Å². The van der Waals surface area contributed by atoms with Gasteiger partial charge in [-0.2, -0.15) is 0 Å². The van der Waals surface area contributed by atoms with E-state index in [0.717, 1.165) is 12.8 Å². The van der Waals surface area contributed by atoms with Crippen molar-refractivity contribution in [3.05, 3.63) is 0 Å². The summed E-state index contributed by atoms with van der Waals surface area (Å²) in [6.07, 6.45) is 2.05. The Morgan fingerprint density at radius 3 is 2.22 bits per heavy atom. The van der Waals surface area contributed by atoms with Crippen LogP contribution in [-0.2, 0) is 9.59 Å². The van der Waals surface area contributed by atoms with Crippen molar-refractivity contribution in [3.63, 3.8) is 0 Å². The van der Waals surface area contributed by atoms with Gasteiger partial charge in [-0.3, -0.25) is 9.59 Å². The third-order valence-electron chi connectivity index (χ3n) is 2.72. The SMILES string of the molecule is CC(C)CCCNC(=O)CNC(=O)[C@@H](N)C(C)C. The van der Waals surface area contributed by atoms with Crippen molar-refractivity contribution in [3.8, 4) is 0 Å². The first-order chi connectivity index (χ1) is 8.34. The summed E-state index contributed by atoms with van der Waals surface area (Å²) < 4.78 is 0. The summed E-state index contributed by atoms with van der Waals surface area (Å²) in [6.45, 7) is 8.70. The molecule has 4 N–H and O–H groups in total. The molecule has 0 aliphatic carbocycles. The molecule has 0 fully saturated rings. The molecule has 0 aromatic carbocycles. The second-order valence-corrected chi connectivity index (χ2v) is 5.37. The van der Waals surface area contributed by atoms with Crippen molar-refractivity contribution < 1.29 is 9.59 Å². The van der Waals surface area contributed by atoms with Crippen molar-refractivity contribution in [2.24, 2.45) is 17.6 Å². The number of hydrogen-bond acceptors (Lipinski definition) is 3. The van der Waals surface area contributed by atoms with Gasteiger partial charge >= 0.3 is 0 Å². The molecule has 0 saturated heterocycles. The molecule has 1 atom stereocenters. The lowest BCUT2D eigenvalue weighted by molar-refractivity contribution is -0.127. The van der Waals surface area contributed by atoms with Gasteiger partial charge in [-0.15, -0.1) is 0 Å². The van der Waals surface area contributed by atoms with E-state index < -0.39 is 6.04 Å². The maximum Gasteiger partial charge on any atom is 0.239 e. The van der Waals surface area contributed by atoms with Crippen LogP contribution in [-0.4, -0.2) is 30.9 Å². The van der Waals surface area contributed by atoms with Crippen LogP contribution in [0.15, 0.2) is 0 Å². The highest BCUT2D eigenvalue weighted by molar-refractivity contribution is 5.87. The van der Waals surface area contributed by atoms with E-state index in [-0.39, 0.29) is 24.3 Å². The Balaban J connectivity index is 3.67. The minimum Gasteiger partial charge on any atom is -0.355 e. The fourth-order valence-corrected chi connectivity index (χ4v) is 1.39. The van der Waals surface area contributed by atoms with E-state index in [1.54, 1.807) is 0 Å². The molecule has 0 rings (SSSR count). The molecule has 0 heterocycles. The van der Waals surface area contributed by atoms with Crippen LogP contribution < -0.4 is 16.4 Å². The quantitative estimate of drug-likeness (QED) is 0.558. The van der Waals surface area contributed by atoms with Crippen LogP contribution in [0.4, 0.5) is 0 Å². The number of amides is 2. The molecule has 0 unspecified atom stereocenters. The number of nitrogens with two attached hydrogens (primary N) is 1. The molecule has 0 aromatic heterocycles. The molecule has 0 spiro atoms. The second-order valence-electron chi connectivity index (χ2n) is 5.37. The summed E-state index contributed by atoms with van der Waals surface area (Å²) in [5.41, 5.74) is 5.66. The summed E-state index contributed by atoms with van der Waals surface area (Å²) >= 11 is 0. The molecule has 18 heavy (non-hydrogen) atoms. The van der Waals surface area contributed by atoms with E-state index in [2.05, 4.69) is 24.5 Å². The lowest BCUT2D eigenvalue weighted by Crippen LogP contribution is -2.47. The number of hydrogen-bond donors (Lipinski definition) is 3. The highest BCUT2D eigenvalue weighted by Gasteiger charge is 2.17. The first-order valence-electron chi connectivity index (χ1n) is 6.64. The predicted octanol–water partition coefficient (Wildman–Crippen LogP) is 0.638. The van der Waals surface area contributed by atoms with Gasteiger partial charge in [0.05, 0.1) is 12.6 Å². The molecule has 106 valence electrons.